The number of rotatable bonds is 8. The Hall–Kier alpha value is -1.18. The molecule has 19 heavy (non-hydrogen) atoms. The molecule has 0 fully saturated rings. The molecule has 0 heterocycles. The van der Waals surface area contributed by atoms with Crippen LogP contribution in [0.1, 0.15) is 6.92 Å². The molecule has 112 valence electrons. The van der Waals surface area contributed by atoms with Crippen LogP contribution in [-0.2, 0) is 9.59 Å². The fourth-order valence-electron chi connectivity index (χ4n) is 1.66. The van der Waals surface area contributed by atoms with Crippen LogP contribution in [0.3, 0.4) is 0 Å². The zero-order valence-electron chi connectivity index (χ0n) is 12.2. The van der Waals surface area contributed by atoms with Crippen LogP contribution < -0.4 is 0 Å². The van der Waals surface area contributed by atoms with Crippen LogP contribution in [0.25, 0.3) is 0 Å². The Labute approximate surface area is 114 Å². The summed E-state index contributed by atoms with van der Waals surface area (Å²) < 4.78 is 0. The van der Waals surface area contributed by atoms with E-state index in [0.29, 0.717) is 13.1 Å². The standard InChI is InChI=1S/C12H25N3O4/c1-10(18)15(4)11(9-13(2)5-7-16)12(19)14(3)6-8-17/h11,16-17H,5-9H2,1-4H3. The van der Waals surface area contributed by atoms with Crippen molar-refractivity contribution in [2.75, 3.05) is 54.0 Å². The third-order valence-corrected chi connectivity index (χ3v) is 3.03. The molecule has 1 unspecified atom stereocenters. The summed E-state index contributed by atoms with van der Waals surface area (Å²) in [5.41, 5.74) is 0. The molecule has 0 aliphatic carbocycles. The van der Waals surface area contributed by atoms with Gasteiger partial charge in [-0.2, -0.15) is 0 Å². The lowest BCUT2D eigenvalue weighted by molar-refractivity contribution is -0.143. The lowest BCUT2D eigenvalue weighted by Gasteiger charge is -2.32. The summed E-state index contributed by atoms with van der Waals surface area (Å²) in [4.78, 5) is 28.3. The van der Waals surface area contributed by atoms with Crippen LogP contribution in [0.4, 0.5) is 0 Å². The molecule has 1 atom stereocenters. The van der Waals surface area contributed by atoms with E-state index in [2.05, 4.69) is 0 Å². The summed E-state index contributed by atoms with van der Waals surface area (Å²) in [7, 11) is 4.94. The van der Waals surface area contributed by atoms with Crippen LogP contribution in [0.2, 0.25) is 0 Å². The predicted molar refractivity (Wildman–Crippen MR) is 71.5 cm³/mol. The van der Waals surface area contributed by atoms with Crippen LogP contribution in [0.5, 0.6) is 0 Å². The highest BCUT2D eigenvalue weighted by atomic mass is 16.3. The Bertz CT molecular complexity index is 299. The molecule has 2 N–H and O–H groups in total. The monoisotopic (exact) mass is 275 g/mol. The number of hydrogen-bond donors (Lipinski definition) is 2. The van der Waals surface area contributed by atoms with E-state index in [-0.39, 0.29) is 31.6 Å². The smallest absolute Gasteiger partial charge is 0.246 e. The van der Waals surface area contributed by atoms with Gasteiger partial charge in [-0.15, -0.1) is 0 Å². The lowest BCUT2D eigenvalue weighted by Crippen LogP contribution is -2.53. The molecule has 0 aromatic carbocycles. The van der Waals surface area contributed by atoms with Gasteiger partial charge in [0.25, 0.3) is 0 Å². The Morgan fingerprint density at radius 3 is 2.00 bits per heavy atom. The first-order valence-electron chi connectivity index (χ1n) is 6.23. The molecule has 0 saturated carbocycles. The minimum absolute atomic E-state index is 0.00627. The maximum Gasteiger partial charge on any atom is 0.246 e. The van der Waals surface area contributed by atoms with Gasteiger partial charge in [0, 0.05) is 40.7 Å². The molecule has 0 saturated heterocycles. The third-order valence-electron chi connectivity index (χ3n) is 3.03. The Morgan fingerprint density at radius 1 is 1.05 bits per heavy atom. The molecule has 2 amide bonds. The third kappa shape index (κ3) is 6.00. The van der Waals surface area contributed by atoms with Crippen molar-refractivity contribution in [3.05, 3.63) is 0 Å². The molecule has 0 spiro atoms. The molecule has 0 aliphatic rings. The first kappa shape index (κ1) is 17.8. The molecule has 0 radical (unpaired) electrons. The zero-order chi connectivity index (χ0) is 15.0. The van der Waals surface area contributed by atoms with Gasteiger partial charge in [0.05, 0.1) is 13.2 Å². The van der Waals surface area contributed by atoms with Crippen molar-refractivity contribution in [1.82, 2.24) is 14.7 Å². The van der Waals surface area contributed by atoms with E-state index in [9.17, 15) is 9.59 Å². The number of hydrogen-bond acceptors (Lipinski definition) is 5. The second-order valence-corrected chi connectivity index (χ2v) is 4.61. The quantitative estimate of drug-likeness (QED) is 0.546. The van der Waals surface area contributed by atoms with Crippen LogP contribution in [-0.4, -0.2) is 96.8 Å². The number of likely N-dealkylation sites (N-methyl/N-ethyl adjacent to an activating group) is 3. The molecule has 0 bridgehead atoms. The average Bonchev–Trinajstić information content (AvgIpc) is 2.34. The molecule has 0 rings (SSSR count). The van der Waals surface area contributed by atoms with Gasteiger partial charge in [-0.1, -0.05) is 0 Å². The normalized spacial score (nSPS) is 12.4. The molecule has 7 nitrogen and oxygen atoms in total. The molecule has 0 aromatic rings. The second-order valence-electron chi connectivity index (χ2n) is 4.61. The van der Waals surface area contributed by atoms with E-state index in [1.807, 2.05) is 0 Å². The highest BCUT2D eigenvalue weighted by molar-refractivity contribution is 5.86. The first-order chi connectivity index (χ1) is 8.84. The first-order valence-corrected chi connectivity index (χ1v) is 6.23. The van der Waals surface area contributed by atoms with Crippen molar-refractivity contribution < 1.29 is 19.8 Å². The predicted octanol–water partition coefficient (Wildman–Crippen LogP) is -1.79. The molecular weight excluding hydrogens is 250 g/mol. The van der Waals surface area contributed by atoms with Crippen molar-refractivity contribution in [3.63, 3.8) is 0 Å². The van der Waals surface area contributed by atoms with Crippen molar-refractivity contribution in [3.8, 4) is 0 Å². The van der Waals surface area contributed by atoms with Gasteiger partial charge in [-0.25, -0.2) is 0 Å². The van der Waals surface area contributed by atoms with Gasteiger partial charge in [0.2, 0.25) is 11.8 Å². The summed E-state index contributed by atoms with van der Waals surface area (Å²) in [6.07, 6.45) is 0. The summed E-state index contributed by atoms with van der Waals surface area (Å²) in [5, 5.41) is 17.7. The molecule has 7 heteroatoms. The van der Waals surface area contributed by atoms with E-state index in [4.69, 9.17) is 10.2 Å². The van der Waals surface area contributed by atoms with Crippen LogP contribution >= 0.6 is 0 Å². The van der Waals surface area contributed by atoms with Gasteiger partial charge in [0.15, 0.2) is 0 Å². The maximum atomic E-state index is 12.3. The fraction of sp³-hybridized carbons (Fsp3) is 0.833. The van der Waals surface area contributed by atoms with E-state index in [1.165, 1.54) is 16.7 Å². The largest absolute Gasteiger partial charge is 0.395 e. The van der Waals surface area contributed by atoms with E-state index < -0.39 is 6.04 Å². The second kappa shape index (κ2) is 8.84. The van der Waals surface area contributed by atoms with Gasteiger partial charge >= 0.3 is 0 Å². The number of carbonyl (C=O) groups excluding carboxylic acids is 2. The summed E-state index contributed by atoms with van der Waals surface area (Å²) in [6.45, 7) is 2.27. The summed E-state index contributed by atoms with van der Waals surface area (Å²) in [5.74, 6) is -0.426. The highest BCUT2D eigenvalue weighted by Crippen LogP contribution is 2.04. The lowest BCUT2D eigenvalue weighted by atomic mass is 10.2. The van der Waals surface area contributed by atoms with E-state index in [0.717, 1.165) is 0 Å². The number of amides is 2. The van der Waals surface area contributed by atoms with Gasteiger partial charge in [0.1, 0.15) is 6.04 Å². The summed E-state index contributed by atoms with van der Waals surface area (Å²) in [6, 6.07) is -0.620. The SMILES string of the molecule is CC(=O)N(C)C(CN(C)CCO)C(=O)N(C)CCO. The Morgan fingerprint density at radius 2 is 1.58 bits per heavy atom. The Balaban J connectivity index is 4.84. The maximum absolute atomic E-state index is 12.3. The number of aliphatic hydroxyl groups is 2. The van der Waals surface area contributed by atoms with E-state index in [1.54, 1.807) is 26.0 Å². The minimum Gasteiger partial charge on any atom is -0.395 e. The van der Waals surface area contributed by atoms with Crippen LogP contribution in [0.15, 0.2) is 0 Å². The van der Waals surface area contributed by atoms with Gasteiger partial charge in [-0.3, -0.25) is 9.59 Å². The topological polar surface area (TPSA) is 84.3 Å². The minimum atomic E-state index is -0.620. The summed E-state index contributed by atoms with van der Waals surface area (Å²) >= 11 is 0. The van der Waals surface area contributed by atoms with Crippen molar-refractivity contribution in [2.45, 2.75) is 13.0 Å². The number of carbonyl (C=O) groups is 2. The number of aliphatic hydroxyl groups excluding tert-OH is 2. The Kier molecular flexibility index (Phi) is 8.29. The molecular formula is C12H25N3O4. The molecule has 0 aliphatic heterocycles. The van der Waals surface area contributed by atoms with E-state index >= 15 is 0 Å². The highest BCUT2D eigenvalue weighted by Gasteiger charge is 2.28. The van der Waals surface area contributed by atoms with Crippen LogP contribution in [0, 0.1) is 0 Å². The number of nitrogens with zero attached hydrogens (tertiary/aromatic N) is 3. The van der Waals surface area contributed by atoms with Gasteiger partial charge in [-0.05, 0) is 7.05 Å². The van der Waals surface area contributed by atoms with Crippen molar-refractivity contribution >= 4 is 11.8 Å². The van der Waals surface area contributed by atoms with Crippen molar-refractivity contribution in [1.29, 1.82) is 0 Å². The fourth-order valence-corrected chi connectivity index (χ4v) is 1.66. The molecule has 0 aromatic heterocycles. The van der Waals surface area contributed by atoms with Crippen molar-refractivity contribution in [2.24, 2.45) is 0 Å². The van der Waals surface area contributed by atoms with Gasteiger partial charge < -0.3 is 24.9 Å². The zero-order valence-corrected chi connectivity index (χ0v) is 12.2. The average molecular weight is 275 g/mol.